The van der Waals surface area contributed by atoms with E-state index < -0.39 is 6.04 Å². The quantitative estimate of drug-likeness (QED) is 0.524. The minimum Gasteiger partial charge on any atom is -0.260 e. The SMILES string of the molecule is CCSCC(=O)F. The molecule has 7 heavy (non-hydrogen) atoms. The average molecular weight is 122 g/mol. The zero-order valence-corrected chi connectivity index (χ0v) is 4.93. The van der Waals surface area contributed by atoms with Crippen molar-refractivity contribution in [3.63, 3.8) is 0 Å². The second-order valence-corrected chi connectivity index (χ2v) is 2.27. The summed E-state index contributed by atoms with van der Waals surface area (Å²) in [6, 6.07) is -1.23. The van der Waals surface area contributed by atoms with Gasteiger partial charge < -0.3 is 0 Å². The van der Waals surface area contributed by atoms with Crippen LogP contribution in [0.15, 0.2) is 0 Å². The molecule has 0 heterocycles. The van der Waals surface area contributed by atoms with E-state index in [-0.39, 0.29) is 5.75 Å². The van der Waals surface area contributed by atoms with E-state index in [0.29, 0.717) is 0 Å². The van der Waals surface area contributed by atoms with E-state index in [1.807, 2.05) is 6.92 Å². The Morgan fingerprint density at radius 2 is 2.43 bits per heavy atom. The first kappa shape index (κ1) is 6.95. The fourth-order valence-electron chi connectivity index (χ4n) is 0.182. The van der Waals surface area contributed by atoms with Crippen LogP contribution in [0.2, 0.25) is 0 Å². The van der Waals surface area contributed by atoms with Gasteiger partial charge in [0.2, 0.25) is 0 Å². The lowest BCUT2D eigenvalue weighted by molar-refractivity contribution is -0.126. The van der Waals surface area contributed by atoms with Gasteiger partial charge in [-0.2, -0.15) is 16.2 Å². The fourth-order valence-corrected chi connectivity index (χ4v) is 0.547. The molecule has 0 aliphatic heterocycles. The van der Waals surface area contributed by atoms with Gasteiger partial charge in [0.05, 0.1) is 5.75 Å². The zero-order chi connectivity index (χ0) is 5.70. The van der Waals surface area contributed by atoms with Crippen molar-refractivity contribution in [2.75, 3.05) is 11.5 Å². The van der Waals surface area contributed by atoms with Crippen molar-refractivity contribution in [3.8, 4) is 0 Å². The molecular weight excluding hydrogens is 115 g/mol. The monoisotopic (exact) mass is 122 g/mol. The first-order chi connectivity index (χ1) is 3.27. The number of hydrogen-bond donors (Lipinski definition) is 0. The van der Waals surface area contributed by atoms with Crippen LogP contribution in [0.1, 0.15) is 6.92 Å². The summed E-state index contributed by atoms with van der Waals surface area (Å²) in [4.78, 5) is 9.52. The molecule has 0 bridgehead atoms. The molecule has 0 aromatic rings. The Labute approximate surface area is 46.3 Å². The van der Waals surface area contributed by atoms with Crippen molar-refractivity contribution in [1.82, 2.24) is 0 Å². The van der Waals surface area contributed by atoms with Crippen LogP contribution in [-0.4, -0.2) is 17.5 Å². The summed E-state index contributed by atoms with van der Waals surface area (Å²) >= 11 is 1.29. The Hall–Kier alpha value is -0.0500. The minimum atomic E-state index is -1.23. The molecule has 0 aliphatic rings. The molecule has 0 saturated heterocycles. The molecule has 0 saturated carbocycles. The highest BCUT2D eigenvalue weighted by molar-refractivity contribution is 7.99. The van der Waals surface area contributed by atoms with E-state index in [9.17, 15) is 9.18 Å². The van der Waals surface area contributed by atoms with Crippen molar-refractivity contribution >= 4 is 17.8 Å². The van der Waals surface area contributed by atoms with Crippen molar-refractivity contribution in [1.29, 1.82) is 0 Å². The van der Waals surface area contributed by atoms with E-state index in [0.717, 1.165) is 5.75 Å². The highest BCUT2D eigenvalue weighted by Crippen LogP contribution is 1.97. The summed E-state index contributed by atoms with van der Waals surface area (Å²) in [5.74, 6) is 0.812. The van der Waals surface area contributed by atoms with E-state index in [1.54, 1.807) is 0 Å². The van der Waals surface area contributed by atoms with Gasteiger partial charge >= 0.3 is 6.04 Å². The van der Waals surface area contributed by atoms with Crippen LogP contribution < -0.4 is 0 Å². The average Bonchev–Trinajstić information content (AvgIpc) is 1.61. The molecular formula is C4H7FOS. The summed E-state index contributed by atoms with van der Waals surface area (Å²) < 4.78 is 11.2. The lowest BCUT2D eigenvalue weighted by Crippen LogP contribution is -1.90. The van der Waals surface area contributed by atoms with Gasteiger partial charge in [0.25, 0.3) is 0 Å². The van der Waals surface area contributed by atoms with Crippen LogP contribution in [0.3, 0.4) is 0 Å². The van der Waals surface area contributed by atoms with Crippen molar-refractivity contribution in [2.24, 2.45) is 0 Å². The molecule has 0 fully saturated rings. The van der Waals surface area contributed by atoms with Gasteiger partial charge in [-0.05, 0) is 5.75 Å². The van der Waals surface area contributed by atoms with Crippen LogP contribution in [0, 0.1) is 0 Å². The molecule has 1 nitrogen and oxygen atoms in total. The fraction of sp³-hybridized carbons (Fsp3) is 0.750. The lowest BCUT2D eigenvalue weighted by Gasteiger charge is -1.84. The van der Waals surface area contributed by atoms with Crippen LogP contribution >= 0.6 is 11.8 Å². The smallest absolute Gasteiger partial charge is 0.260 e. The molecule has 0 unspecified atom stereocenters. The summed E-state index contributed by atoms with van der Waals surface area (Å²) in [6.45, 7) is 1.88. The number of rotatable bonds is 3. The minimum absolute atomic E-state index is 0.0104. The molecule has 0 amide bonds. The highest BCUT2D eigenvalue weighted by atomic mass is 32.2. The van der Waals surface area contributed by atoms with E-state index in [2.05, 4.69) is 0 Å². The van der Waals surface area contributed by atoms with Gasteiger partial charge in [-0.15, -0.1) is 0 Å². The van der Waals surface area contributed by atoms with Crippen molar-refractivity contribution in [3.05, 3.63) is 0 Å². The van der Waals surface area contributed by atoms with E-state index >= 15 is 0 Å². The van der Waals surface area contributed by atoms with Crippen LogP contribution in [-0.2, 0) is 4.79 Å². The number of carbonyl (C=O) groups excluding carboxylic acids is 1. The lowest BCUT2D eigenvalue weighted by atomic mass is 10.9. The molecule has 0 N–H and O–H groups in total. The summed E-state index contributed by atoms with van der Waals surface area (Å²) in [5, 5.41) is 0. The van der Waals surface area contributed by atoms with Gasteiger partial charge in [-0.3, -0.25) is 4.79 Å². The van der Waals surface area contributed by atoms with Crippen LogP contribution in [0.5, 0.6) is 0 Å². The van der Waals surface area contributed by atoms with E-state index in [4.69, 9.17) is 0 Å². The first-order valence-electron chi connectivity index (χ1n) is 2.03. The van der Waals surface area contributed by atoms with Gasteiger partial charge in [-0.1, -0.05) is 6.92 Å². The Morgan fingerprint density at radius 3 is 2.57 bits per heavy atom. The molecule has 0 radical (unpaired) electrons. The molecule has 0 aromatic carbocycles. The number of halogens is 1. The predicted molar refractivity (Wildman–Crippen MR) is 29.1 cm³/mol. The number of carbonyl (C=O) groups is 1. The van der Waals surface area contributed by atoms with Crippen molar-refractivity contribution < 1.29 is 9.18 Å². The second-order valence-electron chi connectivity index (χ2n) is 0.992. The molecule has 42 valence electrons. The molecule has 0 aromatic heterocycles. The molecule has 3 heteroatoms. The third-order valence-corrected chi connectivity index (χ3v) is 1.26. The summed E-state index contributed by atoms with van der Waals surface area (Å²) in [5.41, 5.74) is 0. The number of hydrogen-bond acceptors (Lipinski definition) is 2. The molecule has 0 spiro atoms. The predicted octanol–water partition coefficient (Wildman–Crippen LogP) is 1.24. The normalized spacial score (nSPS) is 8.86. The van der Waals surface area contributed by atoms with Gasteiger partial charge in [-0.25, -0.2) is 0 Å². The molecule has 0 aliphatic carbocycles. The topological polar surface area (TPSA) is 17.1 Å². The molecule has 0 rings (SSSR count). The van der Waals surface area contributed by atoms with Gasteiger partial charge in [0.15, 0.2) is 0 Å². The maximum Gasteiger partial charge on any atom is 0.311 e. The first-order valence-corrected chi connectivity index (χ1v) is 3.19. The molecule has 0 atom stereocenters. The van der Waals surface area contributed by atoms with Gasteiger partial charge in [0, 0.05) is 0 Å². The van der Waals surface area contributed by atoms with Gasteiger partial charge in [0.1, 0.15) is 0 Å². The second kappa shape index (κ2) is 4.12. The third kappa shape index (κ3) is 5.95. The number of thioether (sulfide) groups is 1. The highest BCUT2D eigenvalue weighted by Gasteiger charge is 1.92. The Balaban J connectivity index is 2.82. The summed E-state index contributed by atoms with van der Waals surface area (Å²) in [6.07, 6.45) is 0. The maximum absolute atomic E-state index is 11.2. The Morgan fingerprint density at radius 1 is 1.86 bits per heavy atom. The Bertz CT molecular complexity index is 64.7. The van der Waals surface area contributed by atoms with Crippen LogP contribution in [0.25, 0.3) is 0 Å². The van der Waals surface area contributed by atoms with Crippen molar-refractivity contribution in [2.45, 2.75) is 6.92 Å². The maximum atomic E-state index is 11.2. The van der Waals surface area contributed by atoms with Crippen LogP contribution in [0.4, 0.5) is 4.39 Å². The summed E-state index contributed by atoms with van der Waals surface area (Å²) in [7, 11) is 0. The largest absolute Gasteiger partial charge is 0.311 e. The Kier molecular flexibility index (Phi) is 4.09. The van der Waals surface area contributed by atoms with E-state index in [1.165, 1.54) is 11.8 Å². The zero-order valence-electron chi connectivity index (χ0n) is 4.11. The third-order valence-electron chi connectivity index (χ3n) is 0.420. The standard InChI is InChI=1S/C4H7FOS/c1-2-7-3-4(5)6/h2-3H2,1H3.